The van der Waals surface area contributed by atoms with Crippen LogP contribution in [0.15, 0.2) is 18.2 Å². The molecule has 9 heteroatoms. The predicted molar refractivity (Wildman–Crippen MR) is 84.6 cm³/mol. The van der Waals surface area contributed by atoms with Gasteiger partial charge in [0.2, 0.25) is 0 Å². The third-order valence-electron chi connectivity index (χ3n) is 4.44. The molecule has 1 aliphatic carbocycles. The Morgan fingerprint density at radius 1 is 1.40 bits per heavy atom. The van der Waals surface area contributed by atoms with Crippen LogP contribution in [0.2, 0.25) is 0 Å². The van der Waals surface area contributed by atoms with Gasteiger partial charge in [0.25, 0.3) is 0 Å². The lowest BCUT2D eigenvalue weighted by Crippen LogP contribution is -2.41. The van der Waals surface area contributed by atoms with Crippen molar-refractivity contribution >= 4 is 18.4 Å². The molecule has 1 fully saturated rings. The number of carbonyl (C=O) groups is 1. The largest absolute Gasteiger partial charge is 0.573 e. The van der Waals surface area contributed by atoms with Crippen LogP contribution in [0.25, 0.3) is 0 Å². The molecule has 140 valence electrons. The van der Waals surface area contributed by atoms with E-state index in [1.54, 1.807) is 6.92 Å². The topological polar surface area (TPSA) is 70.8 Å². The number of hydrogen-bond acceptors (Lipinski definition) is 5. The highest BCUT2D eigenvalue weighted by atomic mass is 35.5. The zero-order chi connectivity index (χ0) is 17.5. The van der Waals surface area contributed by atoms with Gasteiger partial charge in [-0.2, -0.15) is 0 Å². The lowest BCUT2D eigenvalue weighted by molar-refractivity contribution is -0.274. The van der Waals surface area contributed by atoms with Gasteiger partial charge in [-0.3, -0.25) is 4.79 Å². The van der Waals surface area contributed by atoms with E-state index in [9.17, 15) is 18.0 Å². The van der Waals surface area contributed by atoms with Gasteiger partial charge in [0.1, 0.15) is 23.0 Å². The number of fused-ring (bicyclic) bond motifs is 1. The molecule has 1 saturated carbocycles. The van der Waals surface area contributed by atoms with Crippen molar-refractivity contribution < 1.29 is 32.2 Å². The normalized spacial score (nSPS) is 23.6. The lowest BCUT2D eigenvalue weighted by Gasteiger charge is -2.34. The molecule has 0 spiro atoms. The summed E-state index contributed by atoms with van der Waals surface area (Å²) in [6.45, 7) is 1.98. The van der Waals surface area contributed by atoms with Gasteiger partial charge in [0.05, 0.1) is 6.61 Å². The van der Waals surface area contributed by atoms with Gasteiger partial charge in [-0.05, 0) is 25.8 Å². The van der Waals surface area contributed by atoms with Gasteiger partial charge in [0, 0.05) is 24.1 Å². The molecule has 0 amide bonds. The van der Waals surface area contributed by atoms with Gasteiger partial charge in [-0.25, -0.2) is 0 Å². The van der Waals surface area contributed by atoms with Gasteiger partial charge >= 0.3 is 12.3 Å². The number of halogens is 4. The Kier molecular flexibility index (Phi) is 5.44. The highest BCUT2D eigenvalue weighted by Crippen LogP contribution is 2.55. The Labute approximate surface area is 149 Å². The van der Waals surface area contributed by atoms with Crippen molar-refractivity contribution in [3.63, 3.8) is 0 Å². The molecule has 0 unspecified atom stereocenters. The molecule has 1 aromatic carbocycles. The fourth-order valence-corrected chi connectivity index (χ4v) is 3.08. The van der Waals surface area contributed by atoms with Crippen LogP contribution in [-0.4, -0.2) is 25.0 Å². The molecule has 2 atom stereocenters. The van der Waals surface area contributed by atoms with Crippen molar-refractivity contribution in [3.05, 3.63) is 23.8 Å². The molecule has 0 saturated heterocycles. The number of carbonyl (C=O) groups excluding carboxylic acids is 1. The molecule has 1 aliphatic heterocycles. The second-order valence-corrected chi connectivity index (χ2v) is 6.07. The first-order valence-corrected chi connectivity index (χ1v) is 7.74. The number of benzene rings is 1. The summed E-state index contributed by atoms with van der Waals surface area (Å²) in [5.74, 6) is -0.500. The molecule has 25 heavy (non-hydrogen) atoms. The molecule has 2 N–H and O–H groups in total. The standard InChI is InChI=1S/C16H18F3NO4.ClH/c1-2-22-14(21)15(5-6-15)13-8-11(20)10-4-3-9(7-12(10)23-13)24-16(17,18)19;/h3-4,7,11,13H,2,5-6,8,20H2,1H3;1H/t11-,13-;/m1./s1. The van der Waals surface area contributed by atoms with Gasteiger partial charge in [-0.1, -0.05) is 6.07 Å². The zero-order valence-electron chi connectivity index (χ0n) is 13.5. The van der Waals surface area contributed by atoms with Gasteiger partial charge in [0.15, 0.2) is 0 Å². The zero-order valence-corrected chi connectivity index (χ0v) is 14.3. The van der Waals surface area contributed by atoms with Crippen LogP contribution in [0.3, 0.4) is 0 Å². The van der Waals surface area contributed by atoms with Crippen LogP contribution < -0.4 is 15.2 Å². The van der Waals surface area contributed by atoms with E-state index in [2.05, 4.69) is 4.74 Å². The Hall–Kier alpha value is -1.67. The van der Waals surface area contributed by atoms with E-state index in [0.29, 0.717) is 24.8 Å². The number of rotatable bonds is 4. The molecule has 0 aromatic heterocycles. The summed E-state index contributed by atoms with van der Waals surface area (Å²) in [7, 11) is 0. The summed E-state index contributed by atoms with van der Waals surface area (Å²) in [5.41, 5.74) is 5.97. The number of alkyl halides is 3. The van der Waals surface area contributed by atoms with E-state index in [1.807, 2.05) is 0 Å². The summed E-state index contributed by atoms with van der Waals surface area (Å²) in [4.78, 5) is 12.2. The van der Waals surface area contributed by atoms with Crippen LogP contribution in [0, 0.1) is 5.41 Å². The van der Waals surface area contributed by atoms with E-state index in [-0.39, 0.29) is 36.5 Å². The Bertz CT molecular complexity index is 649. The summed E-state index contributed by atoms with van der Waals surface area (Å²) >= 11 is 0. The van der Waals surface area contributed by atoms with E-state index in [0.717, 1.165) is 6.07 Å². The number of hydrogen-bond donors (Lipinski definition) is 1. The highest BCUT2D eigenvalue weighted by molar-refractivity contribution is 5.85. The maximum atomic E-state index is 12.4. The summed E-state index contributed by atoms with van der Waals surface area (Å²) in [6.07, 6.45) is -3.65. The van der Waals surface area contributed by atoms with Crippen LogP contribution in [0.4, 0.5) is 13.2 Å². The lowest BCUT2D eigenvalue weighted by atomic mass is 9.88. The molecule has 2 aliphatic rings. The van der Waals surface area contributed by atoms with E-state index in [1.165, 1.54) is 12.1 Å². The fraction of sp³-hybridized carbons (Fsp3) is 0.562. The Morgan fingerprint density at radius 3 is 2.64 bits per heavy atom. The van der Waals surface area contributed by atoms with Crippen molar-refractivity contribution in [3.8, 4) is 11.5 Å². The SMILES string of the molecule is CCOC(=O)C1([C@H]2C[C@@H](N)c3ccc(OC(F)(F)F)cc3O2)CC1.Cl. The predicted octanol–water partition coefficient (Wildman–Crippen LogP) is 3.50. The van der Waals surface area contributed by atoms with Crippen LogP contribution in [0.5, 0.6) is 11.5 Å². The fourth-order valence-electron chi connectivity index (χ4n) is 3.08. The average Bonchev–Trinajstić information content (AvgIpc) is 3.27. The van der Waals surface area contributed by atoms with E-state index in [4.69, 9.17) is 15.2 Å². The molecule has 3 rings (SSSR count). The second-order valence-electron chi connectivity index (χ2n) is 6.07. The smallest absolute Gasteiger partial charge is 0.489 e. The Balaban J connectivity index is 0.00000225. The molecule has 1 aromatic rings. The second kappa shape index (κ2) is 6.92. The summed E-state index contributed by atoms with van der Waals surface area (Å²) in [6, 6.07) is 3.40. The minimum absolute atomic E-state index is 0. The number of ether oxygens (including phenoxy) is 3. The van der Waals surface area contributed by atoms with Crippen LogP contribution >= 0.6 is 12.4 Å². The van der Waals surface area contributed by atoms with Crippen LogP contribution in [-0.2, 0) is 9.53 Å². The first kappa shape index (κ1) is 19.7. The first-order chi connectivity index (χ1) is 11.2. The van der Waals surface area contributed by atoms with Crippen molar-refractivity contribution in [2.24, 2.45) is 11.1 Å². The minimum Gasteiger partial charge on any atom is -0.489 e. The van der Waals surface area contributed by atoms with Crippen molar-refractivity contribution in [2.75, 3.05) is 6.61 Å². The third-order valence-corrected chi connectivity index (χ3v) is 4.44. The molecule has 0 bridgehead atoms. The minimum atomic E-state index is -4.78. The number of nitrogens with two attached hydrogens (primary N) is 1. The molecule has 0 radical (unpaired) electrons. The van der Waals surface area contributed by atoms with E-state index >= 15 is 0 Å². The van der Waals surface area contributed by atoms with Gasteiger partial charge in [-0.15, -0.1) is 25.6 Å². The van der Waals surface area contributed by atoms with Gasteiger partial charge < -0.3 is 19.9 Å². The molecule has 5 nitrogen and oxygen atoms in total. The maximum absolute atomic E-state index is 12.4. The molecular formula is C16H19ClF3NO4. The van der Waals surface area contributed by atoms with Crippen LogP contribution in [0.1, 0.15) is 37.8 Å². The quantitative estimate of drug-likeness (QED) is 0.808. The average molecular weight is 382 g/mol. The number of esters is 1. The monoisotopic (exact) mass is 381 g/mol. The van der Waals surface area contributed by atoms with Crippen molar-refractivity contribution in [1.29, 1.82) is 0 Å². The maximum Gasteiger partial charge on any atom is 0.573 e. The summed E-state index contributed by atoms with van der Waals surface area (Å²) < 4.78 is 51.9. The molecule has 1 heterocycles. The first-order valence-electron chi connectivity index (χ1n) is 7.74. The Morgan fingerprint density at radius 2 is 2.08 bits per heavy atom. The molecular weight excluding hydrogens is 363 g/mol. The van der Waals surface area contributed by atoms with Crippen molar-refractivity contribution in [1.82, 2.24) is 0 Å². The van der Waals surface area contributed by atoms with Crippen molar-refractivity contribution in [2.45, 2.75) is 44.7 Å². The van der Waals surface area contributed by atoms with E-state index < -0.39 is 23.9 Å². The summed E-state index contributed by atoms with van der Waals surface area (Å²) in [5, 5.41) is 0. The third kappa shape index (κ3) is 3.95. The highest BCUT2D eigenvalue weighted by Gasteiger charge is 2.59.